The lowest BCUT2D eigenvalue weighted by Crippen LogP contribution is -2.41. The molecular formula is C9H20N2OS. The van der Waals surface area contributed by atoms with E-state index >= 15 is 0 Å². The lowest BCUT2D eigenvalue weighted by molar-refractivity contribution is -0.119. The normalized spacial score (nSPS) is 15.3. The molecule has 13 heavy (non-hydrogen) atoms. The van der Waals surface area contributed by atoms with E-state index in [-0.39, 0.29) is 11.9 Å². The van der Waals surface area contributed by atoms with Crippen LogP contribution >= 0.6 is 11.8 Å². The molecule has 0 aliphatic carbocycles. The quantitative estimate of drug-likeness (QED) is 0.646. The van der Waals surface area contributed by atoms with Gasteiger partial charge in [0.05, 0.1) is 6.04 Å². The molecule has 0 bridgehead atoms. The molecule has 3 N–H and O–H groups in total. The molecule has 0 aromatic rings. The first-order valence-corrected chi connectivity index (χ1v) is 5.81. The van der Waals surface area contributed by atoms with Crippen molar-refractivity contribution in [3.63, 3.8) is 0 Å². The van der Waals surface area contributed by atoms with Crippen LogP contribution in [0.1, 0.15) is 20.3 Å². The highest BCUT2D eigenvalue weighted by Gasteiger charge is 2.12. The standard InChI is InChI=1S/C9H20N2OS/c1-4-7(2)5-13-6-8(11-3)9(10)12/h7-8,11H,4-6H2,1-3H3,(H2,10,12). The van der Waals surface area contributed by atoms with Crippen molar-refractivity contribution in [3.05, 3.63) is 0 Å². The highest BCUT2D eigenvalue weighted by molar-refractivity contribution is 7.99. The molecule has 0 saturated carbocycles. The van der Waals surface area contributed by atoms with E-state index in [9.17, 15) is 4.79 Å². The van der Waals surface area contributed by atoms with Gasteiger partial charge in [0.15, 0.2) is 0 Å². The minimum atomic E-state index is -0.265. The second-order valence-electron chi connectivity index (χ2n) is 3.29. The molecule has 0 aliphatic rings. The highest BCUT2D eigenvalue weighted by Crippen LogP contribution is 2.11. The number of carbonyl (C=O) groups is 1. The molecule has 2 unspecified atom stereocenters. The number of hydrogen-bond donors (Lipinski definition) is 2. The highest BCUT2D eigenvalue weighted by atomic mass is 32.2. The van der Waals surface area contributed by atoms with Crippen LogP contribution in [-0.2, 0) is 4.79 Å². The monoisotopic (exact) mass is 204 g/mol. The van der Waals surface area contributed by atoms with Crippen molar-refractivity contribution < 1.29 is 4.79 Å². The molecule has 0 aliphatic heterocycles. The third kappa shape index (κ3) is 5.93. The number of carbonyl (C=O) groups excluding carboxylic acids is 1. The summed E-state index contributed by atoms with van der Waals surface area (Å²) in [4.78, 5) is 10.8. The first kappa shape index (κ1) is 12.8. The number of hydrogen-bond acceptors (Lipinski definition) is 3. The molecule has 0 aromatic heterocycles. The zero-order valence-corrected chi connectivity index (χ0v) is 9.49. The number of likely N-dealkylation sites (N-methyl/N-ethyl adjacent to an activating group) is 1. The predicted molar refractivity (Wildman–Crippen MR) is 58.8 cm³/mol. The van der Waals surface area contributed by atoms with Gasteiger partial charge in [-0.25, -0.2) is 0 Å². The Balaban J connectivity index is 3.55. The summed E-state index contributed by atoms with van der Waals surface area (Å²) in [6.07, 6.45) is 1.19. The number of thioether (sulfide) groups is 1. The second kappa shape index (κ2) is 7.21. The topological polar surface area (TPSA) is 55.1 Å². The second-order valence-corrected chi connectivity index (χ2v) is 4.37. The maximum absolute atomic E-state index is 10.8. The lowest BCUT2D eigenvalue weighted by Gasteiger charge is -2.13. The van der Waals surface area contributed by atoms with Crippen LogP contribution in [0.3, 0.4) is 0 Å². The van der Waals surface area contributed by atoms with Gasteiger partial charge < -0.3 is 11.1 Å². The molecule has 0 fully saturated rings. The average Bonchev–Trinajstić information content (AvgIpc) is 2.11. The Hall–Kier alpha value is -0.220. The molecule has 0 saturated heterocycles. The molecule has 3 nitrogen and oxygen atoms in total. The van der Waals surface area contributed by atoms with Crippen LogP contribution in [0.15, 0.2) is 0 Å². The Kier molecular flexibility index (Phi) is 7.09. The van der Waals surface area contributed by atoms with Crippen molar-refractivity contribution in [2.75, 3.05) is 18.6 Å². The van der Waals surface area contributed by atoms with E-state index in [0.717, 1.165) is 17.4 Å². The van der Waals surface area contributed by atoms with Crippen molar-refractivity contribution in [1.29, 1.82) is 0 Å². The summed E-state index contributed by atoms with van der Waals surface area (Å²) in [6.45, 7) is 4.39. The number of amides is 1. The summed E-state index contributed by atoms with van der Waals surface area (Å²) in [5, 5.41) is 2.90. The van der Waals surface area contributed by atoms with Crippen LogP contribution in [-0.4, -0.2) is 30.5 Å². The SMILES string of the molecule is CCC(C)CSCC(NC)C(N)=O. The van der Waals surface area contributed by atoms with Crippen molar-refractivity contribution in [2.45, 2.75) is 26.3 Å². The zero-order chi connectivity index (χ0) is 10.3. The van der Waals surface area contributed by atoms with Gasteiger partial charge in [-0.15, -0.1) is 0 Å². The van der Waals surface area contributed by atoms with Gasteiger partial charge in [0.25, 0.3) is 0 Å². The molecule has 0 heterocycles. The van der Waals surface area contributed by atoms with Gasteiger partial charge in [-0.05, 0) is 18.7 Å². The fourth-order valence-electron chi connectivity index (χ4n) is 0.813. The number of rotatable bonds is 7. The Morgan fingerprint density at radius 3 is 2.54 bits per heavy atom. The average molecular weight is 204 g/mol. The Morgan fingerprint density at radius 1 is 1.54 bits per heavy atom. The maximum Gasteiger partial charge on any atom is 0.235 e. The summed E-state index contributed by atoms with van der Waals surface area (Å²) in [5.41, 5.74) is 5.18. The van der Waals surface area contributed by atoms with E-state index in [1.54, 1.807) is 18.8 Å². The van der Waals surface area contributed by atoms with Gasteiger partial charge >= 0.3 is 0 Å². The van der Waals surface area contributed by atoms with Crippen LogP contribution in [0.5, 0.6) is 0 Å². The van der Waals surface area contributed by atoms with Crippen LogP contribution in [0.2, 0.25) is 0 Å². The first-order valence-electron chi connectivity index (χ1n) is 4.66. The summed E-state index contributed by atoms with van der Waals surface area (Å²) in [7, 11) is 1.76. The lowest BCUT2D eigenvalue weighted by atomic mass is 10.2. The van der Waals surface area contributed by atoms with Gasteiger partial charge in [0.1, 0.15) is 0 Å². The number of primary amides is 1. The van der Waals surface area contributed by atoms with Gasteiger partial charge in [-0.3, -0.25) is 4.79 Å². The van der Waals surface area contributed by atoms with Crippen LogP contribution in [0.25, 0.3) is 0 Å². The Bertz CT molecular complexity index is 153. The summed E-state index contributed by atoms with van der Waals surface area (Å²) >= 11 is 1.78. The molecular weight excluding hydrogens is 184 g/mol. The van der Waals surface area contributed by atoms with Crippen molar-refractivity contribution in [2.24, 2.45) is 11.7 Å². The Morgan fingerprint density at radius 2 is 2.15 bits per heavy atom. The van der Waals surface area contributed by atoms with Crippen molar-refractivity contribution in [3.8, 4) is 0 Å². The molecule has 0 spiro atoms. The van der Waals surface area contributed by atoms with E-state index in [0.29, 0.717) is 0 Å². The third-order valence-corrected chi connectivity index (χ3v) is 3.45. The van der Waals surface area contributed by atoms with Crippen LogP contribution in [0.4, 0.5) is 0 Å². The van der Waals surface area contributed by atoms with E-state index in [2.05, 4.69) is 19.2 Å². The fourth-order valence-corrected chi connectivity index (χ4v) is 2.15. The molecule has 0 radical (unpaired) electrons. The third-order valence-electron chi connectivity index (χ3n) is 2.08. The minimum Gasteiger partial charge on any atom is -0.368 e. The number of nitrogens with one attached hydrogen (secondary N) is 1. The fraction of sp³-hybridized carbons (Fsp3) is 0.889. The van der Waals surface area contributed by atoms with E-state index in [1.807, 2.05) is 0 Å². The largest absolute Gasteiger partial charge is 0.368 e. The van der Waals surface area contributed by atoms with E-state index in [4.69, 9.17) is 5.73 Å². The van der Waals surface area contributed by atoms with Crippen LogP contribution in [0, 0.1) is 5.92 Å². The van der Waals surface area contributed by atoms with E-state index < -0.39 is 0 Å². The minimum absolute atomic E-state index is 0.186. The zero-order valence-electron chi connectivity index (χ0n) is 8.67. The molecule has 1 amide bonds. The summed E-state index contributed by atoms with van der Waals surface area (Å²) < 4.78 is 0. The van der Waals surface area contributed by atoms with Gasteiger partial charge in [-0.1, -0.05) is 20.3 Å². The first-order chi connectivity index (χ1) is 6.11. The summed E-state index contributed by atoms with van der Waals surface area (Å²) in [5.74, 6) is 2.33. The molecule has 2 atom stereocenters. The van der Waals surface area contributed by atoms with Crippen molar-refractivity contribution in [1.82, 2.24) is 5.32 Å². The van der Waals surface area contributed by atoms with E-state index in [1.165, 1.54) is 6.42 Å². The molecule has 4 heteroatoms. The molecule has 0 aromatic carbocycles. The van der Waals surface area contributed by atoms with Gasteiger partial charge in [0.2, 0.25) is 5.91 Å². The van der Waals surface area contributed by atoms with Gasteiger partial charge in [0, 0.05) is 5.75 Å². The van der Waals surface area contributed by atoms with Crippen molar-refractivity contribution >= 4 is 17.7 Å². The number of nitrogens with two attached hydrogens (primary N) is 1. The smallest absolute Gasteiger partial charge is 0.235 e. The molecule has 78 valence electrons. The summed E-state index contributed by atoms with van der Waals surface area (Å²) in [6, 6.07) is -0.186. The molecule has 0 rings (SSSR count). The maximum atomic E-state index is 10.8. The predicted octanol–water partition coefficient (Wildman–Crippen LogP) is 0.839. The van der Waals surface area contributed by atoms with Crippen LogP contribution < -0.4 is 11.1 Å². The van der Waals surface area contributed by atoms with Gasteiger partial charge in [-0.2, -0.15) is 11.8 Å². The Labute approximate surface area is 84.8 Å².